The first-order valence-electron chi connectivity index (χ1n) is 8.33. The van der Waals surface area contributed by atoms with Gasteiger partial charge in [0.05, 0.1) is 18.7 Å². The van der Waals surface area contributed by atoms with Gasteiger partial charge < -0.3 is 14.0 Å². The normalized spacial score (nSPS) is 22.0. The van der Waals surface area contributed by atoms with Crippen molar-refractivity contribution in [1.82, 2.24) is 15.0 Å². The van der Waals surface area contributed by atoms with Gasteiger partial charge in [0.2, 0.25) is 5.89 Å². The number of para-hydroxylation sites is 1. The zero-order chi connectivity index (χ0) is 16.7. The molecule has 1 aliphatic rings. The molecule has 1 N–H and O–H groups in total. The molecule has 6 nitrogen and oxygen atoms in total. The number of furan rings is 1. The van der Waals surface area contributed by atoms with Crippen LogP contribution < -0.4 is 0 Å². The summed E-state index contributed by atoms with van der Waals surface area (Å²) < 4.78 is 11.3. The van der Waals surface area contributed by atoms with Gasteiger partial charge in [0, 0.05) is 17.8 Å². The minimum absolute atomic E-state index is 0.0757. The summed E-state index contributed by atoms with van der Waals surface area (Å²) in [6.45, 7) is 5.24. The monoisotopic (exact) mass is 327 g/mol. The number of aliphatic hydroxyl groups is 1. The van der Waals surface area contributed by atoms with Crippen LogP contribution in [-0.4, -0.2) is 32.8 Å². The topological polar surface area (TPSA) is 75.5 Å². The standard InChI is InChI=1S/C18H21N3O3/c1-11(2)17-19-18(24-20-17)15-8-13(22)9-21(15)10-14-7-12-5-3-4-6-16(12)23-14/h3-7,11,13,15,22H,8-10H2,1-2H3/t13-,15+/m1/s1. The number of aromatic nitrogens is 2. The van der Waals surface area contributed by atoms with E-state index in [2.05, 4.69) is 15.0 Å². The second kappa shape index (κ2) is 6.03. The zero-order valence-electron chi connectivity index (χ0n) is 13.8. The van der Waals surface area contributed by atoms with Crippen molar-refractivity contribution in [2.75, 3.05) is 6.54 Å². The summed E-state index contributed by atoms with van der Waals surface area (Å²) in [6.07, 6.45) is 0.203. The number of β-amino-alcohol motifs (C(OH)–C–C–N with tert-alkyl or cyclic N) is 1. The molecule has 2 aromatic heterocycles. The van der Waals surface area contributed by atoms with Crippen LogP contribution in [0, 0.1) is 0 Å². The van der Waals surface area contributed by atoms with E-state index in [1.54, 1.807) is 0 Å². The SMILES string of the molecule is CC(C)c1noc([C@@H]2C[C@@H](O)CN2Cc2cc3ccccc3o2)n1. The largest absolute Gasteiger partial charge is 0.460 e. The van der Waals surface area contributed by atoms with Crippen molar-refractivity contribution in [1.29, 1.82) is 0 Å². The number of hydrogen-bond donors (Lipinski definition) is 1. The average Bonchev–Trinajstić information content (AvgIpc) is 3.24. The van der Waals surface area contributed by atoms with E-state index in [4.69, 9.17) is 8.94 Å². The first-order valence-corrected chi connectivity index (χ1v) is 8.33. The molecule has 126 valence electrons. The molecule has 3 heterocycles. The lowest BCUT2D eigenvalue weighted by Gasteiger charge is -2.19. The van der Waals surface area contributed by atoms with E-state index in [1.165, 1.54) is 0 Å². The number of aliphatic hydroxyl groups excluding tert-OH is 1. The molecule has 0 amide bonds. The van der Waals surface area contributed by atoms with Crippen LogP contribution in [0.4, 0.5) is 0 Å². The predicted octanol–water partition coefficient (Wildman–Crippen LogP) is 3.25. The number of nitrogens with zero attached hydrogens (tertiary/aromatic N) is 3. The van der Waals surface area contributed by atoms with Crippen LogP contribution in [0.2, 0.25) is 0 Å². The molecule has 0 saturated carbocycles. The average molecular weight is 327 g/mol. The third-order valence-corrected chi connectivity index (χ3v) is 4.48. The van der Waals surface area contributed by atoms with Crippen molar-refractivity contribution in [2.45, 2.75) is 44.9 Å². The molecule has 24 heavy (non-hydrogen) atoms. The highest BCUT2D eigenvalue weighted by atomic mass is 16.5. The quantitative estimate of drug-likeness (QED) is 0.793. The van der Waals surface area contributed by atoms with Gasteiger partial charge >= 0.3 is 0 Å². The van der Waals surface area contributed by atoms with Crippen LogP contribution >= 0.6 is 0 Å². The Morgan fingerprint density at radius 1 is 1.33 bits per heavy atom. The summed E-state index contributed by atoms with van der Waals surface area (Å²) in [6, 6.07) is 9.92. The lowest BCUT2D eigenvalue weighted by molar-refractivity contribution is 0.164. The maximum atomic E-state index is 10.1. The first kappa shape index (κ1) is 15.4. The van der Waals surface area contributed by atoms with E-state index in [9.17, 15) is 5.11 Å². The third kappa shape index (κ3) is 2.83. The summed E-state index contributed by atoms with van der Waals surface area (Å²) in [7, 11) is 0. The molecule has 1 fully saturated rings. The second-order valence-corrected chi connectivity index (χ2v) is 6.73. The van der Waals surface area contributed by atoms with E-state index in [0.717, 1.165) is 16.7 Å². The van der Waals surface area contributed by atoms with Crippen LogP contribution in [0.15, 0.2) is 39.3 Å². The highest BCUT2D eigenvalue weighted by Gasteiger charge is 2.36. The summed E-state index contributed by atoms with van der Waals surface area (Å²) in [4.78, 5) is 6.64. The second-order valence-electron chi connectivity index (χ2n) is 6.73. The van der Waals surface area contributed by atoms with Gasteiger partial charge in [0.25, 0.3) is 0 Å². The zero-order valence-corrected chi connectivity index (χ0v) is 13.8. The molecule has 0 aliphatic carbocycles. The lowest BCUT2D eigenvalue weighted by Crippen LogP contribution is -2.24. The maximum absolute atomic E-state index is 10.1. The van der Waals surface area contributed by atoms with Crippen molar-refractivity contribution in [3.05, 3.63) is 47.8 Å². The Morgan fingerprint density at radius 2 is 2.17 bits per heavy atom. The molecular formula is C18H21N3O3. The van der Waals surface area contributed by atoms with Crippen molar-refractivity contribution in [2.24, 2.45) is 0 Å². The summed E-state index contributed by atoms with van der Waals surface area (Å²) in [5.41, 5.74) is 0.878. The fourth-order valence-corrected chi connectivity index (χ4v) is 3.24. The Kier molecular flexibility index (Phi) is 3.86. The van der Waals surface area contributed by atoms with Crippen molar-refractivity contribution in [3.63, 3.8) is 0 Å². The van der Waals surface area contributed by atoms with Gasteiger partial charge in [-0.25, -0.2) is 0 Å². The van der Waals surface area contributed by atoms with Crippen molar-refractivity contribution in [3.8, 4) is 0 Å². The van der Waals surface area contributed by atoms with Gasteiger partial charge in [0.1, 0.15) is 11.3 Å². The van der Waals surface area contributed by atoms with Gasteiger partial charge in [-0.15, -0.1) is 0 Å². The molecule has 1 aliphatic heterocycles. The Balaban J connectivity index is 1.57. The van der Waals surface area contributed by atoms with Gasteiger partial charge in [-0.2, -0.15) is 4.98 Å². The van der Waals surface area contributed by atoms with Gasteiger partial charge in [-0.05, 0) is 18.6 Å². The van der Waals surface area contributed by atoms with Crippen molar-refractivity contribution < 1.29 is 14.0 Å². The lowest BCUT2D eigenvalue weighted by atomic mass is 10.2. The molecule has 1 aromatic carbocycles. The minimum Gasteiger partial charge on any atom is -0.460 e. The van der Waals surface area contributed by atoms with E-state index in [0.29, 0.717) is 31.2 Å². The number of hydrogen-bond acceptors (Lipinski definition) is 6. The Hall–Kier alpha value is -2.18. The molecule has 0 spiro atoms. The first-order chi connectivity index (χ1) is 11.6. The highest BCUT2D eigenvalue weighted by molar-refractivity contribution is 5.77. The molecule has 2 atom stereocenters. The number of benzene rings is 1. The molecule has 6 heteroatoms. The van der Waals surface area contributed by atoms with Crippen LogP contribution in [0.1, 0.15) is 49.7 Å². The Labute approximate surface area is 140 Å². The summed E-state index contributed by atoms with van der Waals surface area (Å²) in [5, 5.41) is 15.2. The minimum atomic E-state index is -0.395. The number of likely N-dealkylation sites (tertiary alicyclic amines) is 1. The molecular weight excluding hydrogens is 306 g/mol. The number of fused-ring (bicyclic) bond motifs is 1. The summed E-state index contributed by atoms with van der Waals surface area (Å²) in [5.74, 6) is 2.37. The fourth-order valence-electron chi connectivity index (χ4n) is 3.24. The van der Waals surface area contributed by atoms with Gasteiger partial charge in [-0.3, -0.25) is 4.90 Å². The van der Waals surface area contributed by atoms with Gasteiger partial charge in [-0.1, -0.05) is 37.2 Å². The Bertz CT molecular complexity index is 806. The van der Waals surface area contributed by atoms with E-state index in [-0.39, 0.29) is 12.0 Å². The smallest absolute Gasteiger partial charge is 0.244 e. The third-order valence-electron chi connectivity index (χ3n) is 4.48. The highest BCUT2D eigenvalue weighted by Crippen LogP contribution is 2.34. The van der Waals surface area contributed by atoms with Crippen LogP contribution in [-0.2, 0) is 6.54 Å². The van der Waals surface area contributed by atoms with Crippen LogP contribution in [0.25, 0.3) is 11.0 Å². The molecule has 0 unspecified atom stereocenters. The van der Waals surface area contributed by atoms with E-state index in [1.807, 2.05) is 44.2 Å². The van der Waals surface area contributed by atoms with E-state index < -0.39 is 6.10 Å². The van der Waals surface area contributed by atoms with Crippen LogP contribution in [0.5, 0.6) is 0 Å². The maximum Gasteiger partial charge on any atom is 0.244 e. The molecule has 0 radical (unpaired) electrons. The number of rotatable bonds is 4. The fraction of sp³-hybridized carbons (Fsp3) is 0.444. The molecule has 3 aromatic rings. The van der Waals surface area contributed by atoms with Crippen molar-refractivity contribution >= 4 is 11.0 Å². The summed E-state index contributed by atoms with van der Waals surface area (Å²) >= 11 is 0. The molecule has 1 saturated heterocycles. The van der Waals surface area contributed by atoms with E-state index >= 15 is 0 Å². The van der Waals surface area contributed by atoms with Crippen LogP contribution in [0.3, 0.4) is 0 Å². The molecule has 4 rings (SSSR count). The predicted molar refractivity (Wildman–Crippen MR) is 88.4 cm³/mol. The van der Waals surface area contributed by atoms with Gasteiger partial charge in [0.15, 0.2) is 5.82 Å². The molecule has 0 bridgehead atoms. The Morgan fingerprint density at radius 3 is 2.92 bits per heavy atom.